The Morgan fingerprint density at radius 1 is 0.971 bits per heavy atom. The zero-order valence-electron chi connectivity index (χ0n) is 18.8. The number of benzene rings is 1. The molecule has 5 rings (SSSR count). The van der Waals surface area contributed by atoms with E-state index in [2.05, 4.69) is 15.0 Å². The maximum Gasteiger partial charge on any atom is 0.435 e. The molecule has 0 atom stereocenters. The van der Waals surface area contributed by atoms with Gasteiger partial charge < -0.3 is 9.80 Å². The predicted molar refractivity (Wildman–Crippen MR) is 122 cm³/mol. The molecule has 34 heavy (non-hydrogen) atoms. The van der Waals surface area contributed by atoms with Crippen LogP contribution in [0.2, 0.25) is 0 Å². The molecule has 0 N–H and O–H groups in total. The third-order valence-electron chi connectivity index (χ3n) is 6.57. The third-order valence-corrected chi connectivity index (χ3v) is 6.57. The number of carbonyl (C=O) groups excluding carboxylic acids is 1. The van der Waals surface area contributed by atoms with E-state index in [1.54, 1.807) is 24.4 Å². The third kappa shape index (κ3) is 4.51. The predicted octanol–water partition coefficient (Wildman–Crippen LogP) is 4.19. The second-order valence-corrected chi connectivity index (χ2v) is 8.80. The molecule has 0 bridgehead atoms. The second kappa shape index (κ2) is 9.12. The summed E-state index contributed by atoms with van der Waals surface area (Å²) in [6.07, 6.45) is -0.0855. The molecule has 1 saturated heterocycles. The van der Waals surface area contributed by atoms with Crippen molar-refractivity contribution in [2.24, 2.45) is 0 Å². The second-order valence-electron chi connectivity index (χ2n) is 8.80. The van der Waals surface area contributed by atoms with E-state index in [1.807, 2.05) is 29.2 Å². The smallest absolute Gasteiger partial charge is 0.353 e. The fourth-order valence-corrected chi connectivity index (χ4v) is 4.87. The van der Waals surface area contributed by atoms with Gasteiger partial charge in [-0.05, 0) is 55.5 Å². The lowest BCUT2D eigenvalue weighted by molar-refractivity contribution is -0.142. The maximum atomic E-state index is 13.5. The number of fused-ring (bicyclic) bond motifs is 1. The summed E-state index contributed by atoms with van der Waals surface area (Å²) in [6, 6.07) is 12.9. The van der Waals surface area contributed by atoms with Crippen molar-refractivity contribution in [1.29, 1.82) is 0 Å². The number of hydrogen-bond acceptors (Lipinski definition) is 4. The van der Waals surface area contributed by atoms with E-state index in [9.17, 15) is 18.0 Å². The summed E-state index contributed by atoms with van der Waals surface area (Å²) in [7, 11) is 0. The van der Waals surface area contributed by atoms with Crippen molar-refractivity contribution in [2.75, 3.05) is 31.1 Å². The summed E-state index contributed by atoms with van der Waals surface area (Å²) < 4.78 is 42.0. The summed E-state index contributed by atoms with van der Waals surface area (Å²) in [5.41, 5.74) is 1.54. The summed E-state index contributed by atoms with van der Waals surface area (Å²) in [6.45, 7) is 2.78. The number of hydrogen-bond donors (Lipinski definition) is 0. The Morgan fingerprint density at radius 2 is 1.76 bits per heavy atom. The van der Waals surface area contributed by atoms with Crippen molar-refractivity contribution >= 4 is 11.7 Å². The van der Waals surface area contributed by atoms with E-state index in [-0.39, 0.29) is 12.5 Å². The lowest BCUT2D eigenvalue weighted by Crippen LogP contribution is -2.49. The number of piperazine rings is 1. The molecule has 0 unspecified atom stereocenters. The Kier molecular flexibility index (Phi) is 6.02. The minimum atomic E-state index is -4.46. The van der Waals surface area contributed by atoms with Gasteiger partial charge in [0.15, 0.2) is 5.69 Å². The van der Waals surface area contributed by atoms with E-state index in [4.69, 9.17) is 0 Å². The van der Waals surface area contributed by atoms with Crippen molar-refractivity contribution in [1.82, 2.24) is 19.7 Å². The number of anilines is 1. The van der Waals surface area contributed by atoms with Gasteiger partial charge in [-0.1, -0.05) is 18.2 Å². The highest BCUT2D eigenvalue weighted by Gasteiger charge is 2.39. The molecule has 0 radical (unpaired) electrons. The van der Waals surface area contributed by atoms with Crippen LogP contribution in [-0.2, 0) is 25.6 Å². The molecule has 1 aliphatic heterocycles. The Hall–Kier alpha value is -3.36. The molecule has 2 aliphatic rings. The Labute approximate surface area is 196 Å². The quantitative estimate of drug-likeness (QED) is 0.575. The highest BCUT2D eigenvalue weighted by atomic mass is 19.4. The van der Waals surface area contributed by atoms with Crippen LogP contribution in [0.25, 0.3) is 0 Å². The molecule has 1 amide bonds. The van der Waals surface area contributed by atoms with Gasteiger partial charge in [-0.2, -0.15) is 18.3 Å². The minimum Gasteiger partial charge on any atom is -0.353 e. The van der Waals surface area contributed by atoms with Gasteiger partial charge in [0.1, 0.15) is 5.82 Å². The van der Waals surface area contributed by atoms with Crippen LogP contribution in [0.15, 0.2) is 48.7 Å². The van der Waals surface area contributed by atoms with Crippen molar-refractivity contribution in [3.05, 3.63) is 76.7 Å². The van der Waals surface area contributed by atoms with Crippen LogP contribution in [0.5, 0.6) is 0 Å². The molecule has 3 heterocycles. The van der Waals surface area contributed by atoms with E-state index in [0.717, 1.165) is 24.2 Å². The molecular formula is C25H26F3N5O. The number of alkyl halides is 3. The average molecular weight is 470 g/mol. The van der Waals surface area contributed by atoms with Crippen LogP contribution >= 0.6 is 0 Å². The largest absolute Gasteiger partial charge is 0.435 e. The summed E-state index contributed by atoms with van der Waals surface area (Å²) in [5.74, 6) is 0.832. The van der Waals surface area contributed by atoms with Gasteiger partial charge in [0.05, 0.1) is 6.54 Å². The Balaban J connectivity index is 1.30. The van der Waals surface area contributed by atoms with Crippen LogP contribution < -0.4 is 4.90 Å². The number of rotatable bonds is 4. The van der Waals surface area contributed by atoms with E-state index >= 15 is 0 Å². The fraction of sp³-hybridized carbons (Fsp3) is 0.400. The molecule has 1 aliphatic carbocycles. The van der Waals surface area contributed by atoms with Crippen LogP contribution in [-0.4, -0.2) is 51.8 Å². The Bertz CT molecular complexity index is 1170. The number of halogens is 3. The van der Waals surface area contributed by atoms with Crippen LogP contribution in [0.4, 0.5) is 19.0 Å². The molecule has 3 aromatic rings. The zero-order chi connectivity index (χ0) is 23.7. The van der Waals surface area contributed by atoms with Crippen LogP contribution in [0.1, 0.15) is 45.7 Å². The summed E-state index contributed by atoms with van der Waals surface area (Å²) >= 11 is 0. The first-order valence-electron chi connectivity index (χ1n) is 11.6. The molecule has 0 spiro atoms. The molecule has 9 heteroatoms. The molecule has 1 fully saturated rings. The zero-order valence-corrected chi connectivity index (χ0v) is 18.8. The minimum absolute atomic E-state index is 0.0685. The normalized spacial score (nSPS) is 16.4. The standard InChI is InChI=1S/C25H26F3N5O/c26-25(27,28)23-20-8-1-2-9-21(20)33(30-23)17-18-6-5-7-19(16-18)24(34)32-14-12-31(13-15-32)22-10-3-4-11-29-22/h3-7,10-11,16H,1-2,8-9,12-15,17H2. The van der Waals surface area contributed by atoms with E-state index < -0.39 is 11.9 Å². The lowest BCUT2D eigenvalue weighted by Gasteiger charge is -2.35. The molecule has 1 aromatic carbocycles. The maximum absolute atomic E-state index is 13.5. The number of pyridine rings is 1. The monoisotopic (exact) mass is 469 g/mol. The molecular weight excluding hydrogens is 443 g/mol. The first kappa shape index (κ1) is 22.4. The Morgan fingerprint density at radius 3 is 2.50 bits per heavy atom. The number of aromatic nitrogens is 3. The van der Waals surface area contributed by atoms with Crippen molar-refractivity contribution in [3.8, 4) is 0 Å². The first-order valence-corrected chi connectivity index (χ1v) is 11.6. The van der Waals surface area contributed by atoms with Gasteiger partial charge in [0, 0.05) is 49.2 Å². The first-order chi connectivity index (χ1) is 16.4. The fourth-order valence-electron chi connectivity index (χ4n) is 4.87. The SMILES string of the molecule is O=C(c1cccc(Cn2nc(C(F)(F)F)c3c2CCCC3)c1)N1CCN(c2ccccn2)CC1. The van der Waals surface area contributed by atoms with Crippen molar-refractivity contribution < 1.29 is 18.0 Å². The van der Waals surface area contributed by atoms with Gasteiger partial charge in [0.25, 0.3) is 5.91 Å². The lowest BCUT2D eigenvalue weighted by atomic mass is 9.95. The van der Waals surface area contributed by atoms with E-state index in [1.165, 1.54) is 4.68 Å². The van der Waals surface area contributed by atoms with Crippen LogP contribution in [0, 0.1) is 0 Å². The number of carbonyl (C=O) groups is 1. The highest BCUT2D eigenvalue weighted by Crippen LogP contribution is 2.36. The van der Waals surface area contributed by atoms with E-state index in [0.29, 0.717) is 55.8 Å². The summed E-state index contributed by atoms with van der Waals surface area (Å²) in [4.78, 5) is 21.5. The van der Waals surface area contributed by atoms with Crippen molar-refractivity contribution in [2.45, 2.75) is 38.4 Å². The van der Waals surface area contributed by atoms with Gasteiger partial charge >= 0.3 is 6.18 Å². The average Bonchev–Trinajstić information content (AvgIpc) is 3.23. The number of nitrogens with zero attached hydrogens (tertiary/aromatic N) is 5. The molecule has 178 valence electrons. The summed E-state index contributed by atoms with van der Waals surface area (Å²) in [5, 5.41) is 3.94. The molecule has 0 saturated carbocycles. The topological polar surface area (TPSA) is 54.3 Å². The van der Waals surface area contributed by atoms with Gasteiger partial charge in [0.2, 0.25) is 0 Å². The van der Waals surface area contributed by atoms with Gasteiger partial charge in [-0.3, -0.25) is 9.48 Å². The number of amides is 1. The molecule has 2 aromatic heterocycles. The van der Waals surface area contributed by atoms with Crippen LogP contribution in [0.3, 0.4) is 0 Å². The highest BCUT2D eigenvalue weighted by molar-refractivity contribution is 5.94. The van der Waals surface area contributed by atoms with Gasteiger partial charge in [-0.15, -0.1) is 0 Å². The van der Waals surface area contributed by atoms with Gasteiger partial charge in [-0.25, -0.2) is 4.98 Å². The van der Waals surface area contributed by atoms with Crippen molar-refractivity contribution in [3.63, 3.8) is 0 Å². The molecule has 6 nitrogen and oxygen atoms in total.